The van der Waals surface area contributed by atoms with E-state index in [1.807, 2.05) is 0 Å². The van der Waals surface area contributed by atoms with Crippen LogP contribution in [0.5, 0.6) is 0 Å². The van der Waals surface area contributed by atoms with E-state index in [0.717, 1.165) is 11.1 Å². The van der Waals surface area contributed by atoms with Crippen LogP contribution in [-0.4, -0.2) is 25.6 Å². The minimum atomic E-state index is -3.25. The molecule has 0 aliphatic heterocycles. The number of rotatable bonds is 4. The quantitative estimate of drug-likeness (QED) is 0.938. The summed E-state index contributed by atoms with van der Waals surface area (Å²) in [6.45, 7) is 4.12. The van der Waals surface area contributed by atoms with Crippen molar-refractivity contribution in [2.75, 3.05) is 11.6 Å². The molecule has 0 unspecified atom stereocenters. The molecule has 1 N–H and O–H groups in total. The van der Waals surface area contributed by atoms with Gasteiger partial charge in [0.05, 0.1) is 4.90 Å². The molecule has 0 bridgehead atoms. The number of amides is 1. The number of carbonyl (C=O) groups excluding carboxylic acids is 1. The average molecular weight is 324 g/mol. The summed E-state index contributed by atoms with van der Waals surface area (Å²) in [5, 5.41) is 3.25. The minimum Gasteiger partial charge on any atom is -0.298 e. The molecule has 5 nitrogen and oxygen atoms in total. The topological polar surface area (TPSA) is 76.1 Å². The van der Waals surface area contributed by atoms with Gasteiger partial charge in [-0.25, -0.2) is 13.4 Å². The Hall–Kier alpha value is -1.73. The number of nitrogens with zero attached hydrogens (tertiary/aromatic N) is 1. The van der Waals surface area contributed by atoms with E-state index in [0.29, 0.717) is 16.6 Å². The third-order valence-electron chi connectivity index (χ3n) is 2.86. The zero-order chi connectivity index (χ0) is 15.6. The smallest absolute Gasteiger partial charge is 0.257 e. The number of carbonyl (C=O) groups is 1. The second kappa shape index (κ2) is 5.95. The van der Waals surface area contributed by atoms with Gasteiger partial charge in [0.15, 0.2) is 15.0 Å². The maximum atomic E-state index is 12.1. The van der Waals surface area contributed by atoms with Gasteiger partial charge in [-0.15, -0.1) is 11.3 Å². The van der Waals surface area contributed by atoms with Gasteiger partial charge in [-0.2, -0.15) is 0 Å². The number of hydrogen-bond donors (Lipinski definition) is 1. The third-order valence-corrected chi connectivity index (χ3v) is 5.20. The van der Waals surface area contributed by atoms with E-state index in [4.69, 9.17) is 0 Å². The Morgan fingerprint density at radius 1 is 1.24 bits per heavy atom. The van der Waals surface area contributed by atoms with Gasteiger partial charge >= 0.3 is 0 Å². The first-order valence-electron chi connectivity index (χ1n) is 6.34. The van der Waals surface area contributed by atoms with Crippen LogP contribution >= 0.6 is 11.3 Å². The van der Waals surface area contributed by atoms with Crippen LogP contribution in [0.3, 0.4) is 0 Å². The molecule has 1 aromatic heterocycles. The molecule has 1 heterocycles. The Kier molecular flexibility index (Phi) is 4.43. The maximum absolute atomic E-state index is 12.1. The van der Waals surface area contributed by atoms with Crippen molar-refractivity contribution in [2.45, 2.75) is 24.7 Å². The van der Waals surface area contributed by atoms with Crippen LogP contribution < -0.4 is 5.32 Å². The molecule has 0 radical (unpaired) electrons. The molecule has 1 aromatic carbocycles. The highest BCUT2D eigenvalue weighted by Gasteiger charge is 2.12. The van der Waals surface area contributed by atoms with Gasteiger partial charge in [0.25, 0.3) is 5.91 Å². The standard InChI is InChI=1S/C14H16N2O3S2/c1-9(2)12-8-15-14(20-12)16-13(17)10-4-6-11(7-5-10)21(3,18)19/h4-9H,1-3H3,(H,15,16,17). The van der Waals surface area contributed by atoms with Crippen molar-refractivity contribution < 1.29 is 13.2 Å². The summed E-state index contributed by atoms with van der Waals surface area (Å²) in [5.74, 6) is 0.0573. The average Bonchev–Trinajstić information content (AvgIpc) is 2.86. The van der Waals surface area contributed by atoms with Crippen molar-refractivity contribution in [1.82, 2.24) is 4.98 Å². The van der Waals surface area contributed by atoms with Crippen LogP contribution in [0.4, 0.5) is 5.13 Å². The summed E-state index contributed by atoms with van der Waals surface area (Å²) in [5.41, 5.74) is 0.392. The zero-order valence-corrected chi connectivity index (χ0v) is 13.6. The SMILES string of the molecule is CC(C)c1cnc(NC(=O)c2ccc(S(C)(=O)=O)cc2)s1. The fourth-order valence-electron chi connectivity index (χ4n) is 1.63. The lowest BCUT2D eigenvalue weighted by atomic mass is 10.2. The van der Waals surface area contributed by atoms with E-state index < -0.39 is 9.84 Å². The molecule has 0 aliphatic rings. The second-order valence-corrected chi connectivity index (χ2v) is 8.05. The molecule has 112 valence electrons. The van der Waals surface area contributed by atoms with Gasteiger partial charge in [-0.1, -0.05) is 13.8 Å². The Morgan fingerprint density at radius 2 is 1.86 bits per heavy atom. The lowest BCUT2D eigenvalue weighted by Gasteiger charge is -2.03. The van der Waals surface area contributed by atoms with E-state index in [1.54, 1.807) is 6.20 Å². The van der Waals surface area contributed by atoms with Crippen molar-refractivity contribution in [2.24, 2.45) is 0 Å². The molecular weight excluding hydrogens is 308 g/mol. The highest BCUT2D eigenvalue weighted by atomic mass is 32.2. The normalized spacial score (nSPS) is 11.6. The predicted octanol–water partition coefficient (Wildman–Crippen LogP) is 2.92. The van der Waals surface area contributed by atoms with Crippen LogP contribution in [0.2, 0.25) is 0 Å². The number of hydrogen-bond acceptors (Lipinski definition) is 5. The molecule has 0 spiro atoms. The first-order valence-corrected chi connectivity index (χ1v) is 9.05. The molecule has 2 rings (SSSR count). The fourth-order valence-corrected chi connectivity index (χ4v) is 3.08. The third kappa shape index (κ3) is 3.89. The first-order chi connectivity index (χ1) is 9.77. The number of anilines is 1. The Balaban J connectivity index is 2.13. The lowest BCUT2D eigenvalue weighted by Crippen LogP contribution is -2.11. The summed E-state index contributed by atoms with van der Waals surface area (Å²) in [6, 6.07) is 5.82. The van der Waals surface area contributed by atoms with Crippen LogP contribution in [-0.2, 0) is 9.84 Å². The second-order valence-electron chi connectivity index (χ2n) is 4.97. The monoisotopic (exact) mass is 324 g/mol. The highest BCUT2D eigenvalue weighted by Crippen LogP contribution is 2.25. The van der Waals surface area contributed by atoms with Crippen LogP contribution in [0, 0.1) is 0 Å². The van der Waals surface area contributed by atoms with E-state index in [9.17, 15) is 13.2 Å². The number of sulfone groups is 1. The molecule has 1 amide bonds. The van der Waals surface area contributed by atoms with Crippen molar-refractivity contribution >= 4 is 32.2 Å². The maximum Gasteiger partial charge on any atom is 0.257 e. The Labute approximate surface area is 128 Å². The molecule has 21 heavy (non-hydrogen) atoms. The number of thiazole rings is 1. The zero-order valence-electron chi connectivity index (χ0n) is 12.0. The fraction of sp³-hybridized carbons (Fsp3) is 0.286. The summed E-state index contributed by atoms with van der Waals surface area (Å²) < 4.78 is 22.7. The molecule has 0 saturated carbocycles. The predicted molar refractivity (Wildman–Crippen MR) is 83.7 cm³/mol. The van der Waals surface area contributed by atoms with Crippen molar-refractivity contribution in [3.05, 3.63) is 40.9 Å². The van der Waals surface area contributed by atoms with Crippen molar-refractivity contribution in [1.29, 1.82) is 0 Å². The number of benzene rings is 1. The largest absolute Gasteiger partial charge is 0.298 e. The van der Waals surface area contributed by atoms with Crippen molar-refractivity contribution in [3.63, 3.8) is 0 Å². The molecule has 0 aliphatic carbocycles. The van der Waals surface area contributed by atoms with Gasteiger partial charge in [-0.05, 0) is 30.2 Å². The molecule has 0 atom stereocenters. The molecular formula is C14H16N2O3S2. The first kappa shape index (κ1) is 15.7. The number of aromatic nitrogens is 1. The Bertz CT molecular complexity index is 747. The van der Waals surface area contributed by atoms with E-state index in [1.165, 1.54) is 35.6 Å². The lowest BCUT2D eigenvalue weighted by molar-refractivity contribution is 0.102. The summed E-state index contributed by atoms with van der Waals surface area (Å²) in [4.78, 5) is 17.5. The molecule has 0 fully saturated rings. The molecule has 0 saturated heterocycles. The van der Waals surface area contributed by atoms with Gasteiger partial charge in [-0.3, -0.25) is 10.1 Å². The van der Waals surface area contributed by atoms with E-state index in [-0.39, 0.29) is 10.8 Å². The summed E-state index contributed by atoms with van der Waals surface area (Å²) in [7, 11) is -3.25. The van der Waals surface area contributed by atoms with E-state index >= 15 is 0 Å². The molecule has 7 heteroatoms. The van der Waals surface area contributed by atoms with Crippen molar-refractivity contribution in [3.8, 4) is 0 Å². The van der Waals surface area contributed by atoms with Crippen LogP contribution in [0.1, 0.15) is 35.0 Å². The molecule has 2 aromatic rings. The highest BCUT2D eigenvalue weighted by molar-refractivity contribution is 7.90. The summed E-state index contributed by atoms with van der Waals surface area (Å²) in [6.07, 6.45) is 2.88. The van der Waals surface area contributed by atoms with Gasteiger partial charge < -0.3 is 0 Å². The van der Waals surface area contributed by atoms with Gasteiger partial charge in [0.1, 0.15) is 0 Å². The van der Waals surface area contributed by atoms with Gasteiger partial charge in [0, 0.05) is 22.9 Å². The van der Waals surface area contributed by atoms with Gasteiger partial charge in [0.2, 0.25) is 0 Å². The van der Waals surface area contributed by atoms with E-state index in [2.05, 4.69) is 24.1 Å². The van der Waals surface area contributed by atoms with Crippen LogP contribution in [0.25, 0.3) is 0 Å². The number of nitrogens with one attached hydrogen (secondary N) is 1. The summed E-state index contributed by atoms with van der Waals surface area (Å²) >= 11 is 1.43. The minimum absolute atomic E-state index is 0.190. The van der Waals surface area contributed by atoms with Crippen LogP contribution in [0.15, 0.2) is 35.4 Å². The Morgan fingerprint density at radius 3 is 2.33 bits per heavy atom.